The lowest BCUT2D eigenvalue weighted by Gasteiger charge is -2.34. The highest BCUT2D eigenvalue weighted by Gasteiger charge is 2.16. The summed E-state index contributed by atoms with van der Waals surface area (Å²) >= 11 is 1.73. The number of guanidine groups is 1. The summed E-state index contributed by atoms with van der Waals surface area (Å²) in [6, 6.07) is 12.9. The molecule has 5 nitrogen and oxygen atoms in total. The minimum Gasteiger partial charge on any atom is -0.357 e. The van der Waals surface area contributed by atoms with Crippen LogP contribution in [0.25, 0.3) is 0 Å². The number of thiophene rings is 1. The van der Waals surface area contributed by atoms with Crippen molar-refractivity contribution in [3.05, 3.63) is 58.3 Å². The van der Waals surface area contributed by atoms with Crippen molar-refractivity contribution in [3.8, 4) is 0 Å². The number of aliphatic imine (C=N–C) groups is 1. The van der Waals surface area contributed by atoms with Crippen LogP contribution in [-0.4, -0.2) is 61.6 Å². The summed E-state index contributed by atoms with van der Waals surface area (Å²) in [4.78, 5) is 9.85. The van der Waals surface area contributed by atoms with Gasteiger partial charge in [-0.15, -0.1) is 24.0 Å². The number of nitrogens with zero attached hydrogens (tertiary/aromatic N) is 3. The van der Waals surface area contributed by atoms with Gasteiger partial charge in [0, 0.05) is 45.8 Å². The third kappa shape index (κ3) is 9.32. The van der Waals surface area contributed by atoms with E-state index >= 15 is 0 Å². The Morgan fingerprint density at radius 1 is 0.967 bits per heavy atom. The second-order valence-corrected chi connectivity index (χ2v) is 8.34. The van der Waals surface area contributed by atoms with E-state index < -0.39 is 0 Å². The summed E-state index contributed by atoms with van der Waals surface area (Å²) in [5.41, 5.74) is 2.70. The van der Waals surface area contributed by atoms with E-state index in [1.807, 2.05) is 0 Å². The predicted molar refractivity (Wildman–Crippen MR) is 140 cm³/mol. The number of piperazine rings is 1. The van der Waals surface area contributed by atoms with Crippen LogP contribution >= 0.6 is 35.3 Å². The van der Waals surface area contributed by atoms with Gasteiger partial charge in [0.15, 0.2) is 5.96 Å². The first kappa shape index (κ1) is 25.1. The minimum atomic E-state index is 0. The van der Waals surface area contributed by atoms with Crippen molar-refractivity contribution < 1.29 is 0 Å². The molecule has 0 atom stereocenters. The average Bonchev–Trinajstić information content (AvgIpc) is 3.27. The van der Waals surface area contributed by atoms with Crippen LogP contribution in [0.2, 0.25) is 0 Å². The molecule has 1 aromatic heterocycles. The van der Waals surface area contributed by atoms with Crippen molar-refractivity contribution in [2.45, 2.75) is 32.9 Å². The van der Waals surface area contributed by atoms with Gasteiger partial charge < -0.3 is 15.5 Å². The van der Waals surface area contributed by atoms with E-state index in [-0.39, 0.29) is 24.0 Å². The molecule has 1 aromatic carbocycles. The first-order valence-corrected chi connectivity index (χ1v) is 11.8. The first-order chi connectivity index (χ1) is 14.3. The molecule has 0 radical (unpaired) electrons. The van der Waals surface area contributed by atoms with Crippen LogP contribution in [0.3, 0.4) is 0 Å². The van der Waals surface area contributed by atoms with Gasteiger partial charge in [0.05, 0.1) is 6.54 Å². The monoisotopic (exact) mass is 541 g/mol. The number of unbranched alkanes of at least 4 members (excludes halogenated alkanes) is 1. The lowest BCUT2D eigenvalue weighted by atomic mass is 10.2. The van der Waals surface area contributed by atoms with Crippen LogP contribution < -0.4 is 10.6 Å². The summed E-state index contributed by atoms with van der Waals surface area (Å²) in [5, 5.41) is 11.1. The lowest BCUT2D eigenvalue weighted by Crippen LogP contribution is -2.46. The Labute approximate surface area is 203 Å². The summed E-state index contributed by atoms with van der Waals surface area (Å²) in [7, 11) is 0. The molecule has 1 fully saturated rings. The van der Waals surface area contributed by atoms with Crippen molar-refractivity contribution in [1.82, 2.24) is 20.4 Å². The normalized spacial score (nSPS) is 15.6. The molecule has 0 spiro atoms. The predicted octanol–water partition coefficient (Wildman–Crippen LogP) is 4.02. The average molecular weight is 542 g/mol. The Kier molecular flexibility index (Phi) is 12.4. The van der Waals surface area contributed by atoms with Gasteiger partial charge in [-0.1, -0.05) is 30.3 Å². The Bertz CT molecular complexity index is 700. The molecule has 0 aliphatic carbocycles. The van der Waals surface area contributed by atoms with Gasteiger partial charge in [0.25, 0.3) is 0 Å². The van der Waals surface area contributed by atoms with Crippen molar-refractivity contribution in [3.63, 3.8) is 0 Å². The number of hydrogen-bond acceptors (Lipinski definition) is 4. The fourth-order valence-electron chi connectivity index (χ4n) is 3.57. The molecule has 1 saturated heterocycles. The first-order valence-electron chi connectivity index (χ1n) is 10.9. The maximum Gasteiger partial charge on any atom is 0.191 e. The summed E-state index contributed by atoms with van der Waals surface area (Å²) in [5.74, 6) is 0.924. The molecular weight excluding hydrogens is 505 g/mol. The lowest BCUT2D eigenvalue weighted by molar-refractivity contribution is 0.126. The number of halogens is 1. The molecule has 30 heavy (non-hydrogen) atoms. The summed E-state index contributed by atoms with van der Waals surface area (Å²) in [6.07, 6.45) is 2.41. The van der Waals surface area contributed by atoms with Crippen molar-refractivity contribution in [1.29, 1.82) is 0 Å². The van der Waals surface area contributed by atoms with E-state index in [0.29, 0.717) is 0 Å². The molecule has 2 aromatic rings. The minimum absolute atomic E-state index is 0. The maximum atomic E-state index is 4.67. The van der Waals surface area contributed by atoms with Gasteiger partial charge in [-0.05, 0) is 54.3 Å². The van der Waals surface area contributed by atoms with Crippen molar-refractivity contribution in [2.75, 3.05) is 45.8 Å². The van der Waals surface area contributed by atoms with Gasteiger partial charge in [-0.2, -0.15) is 11.3 Å². The van der Waals surface area contributed by atoms with E-state index in [1.54, 1.807) is 11.3 Å². The van der Waals surface area contributed by atoms with Crippen molar-refractivity contribution in [2.24, 2.45) is 4.99 Å². The highest BCUT2D eigenvalue weighted by molar-refractivity contribution is 14.0. The Hall–Kier alpha value is -1.16. The summed E-state index contributed by atoms with van der Waals surface area (Å²) < 4.78 is 0. The largest absolute Gasteiger partial charge is 0.357 e. The maximum absolute atomic E-state index is 4.67. The fourth-order valence-corrected chi connectivity index (χ4v) is 4.23. The zero-order chi connectivity index (χ0) is 20.2. The van der Waals surface area contributed by atoms with Gasteiger partial charge in [-0.3, -0.25) is 4.90 Å². The number of benzene rings is 1. The van der Waals surface area contributed by atoms with E-state index in [9.17, 15) is 0 Å². The number of nitrogens with one attached hydrogen (secondary N) is 2. The fraction of sp³-hybridized carbons (Fsp3) is 0.522. The molecule has 166 valence electrons. The van der Waals surface area contributed by atoms with Gasteiger partial charge >= 0.3 is 0 Å². The zero-order valence-corrected chi connectivity index (χ0v) is 21.2. The van der Waals surface area contributed by atoms with E-state index in [2.05, 4.69) is 79.5 Å². The van der Waals surface area contributed by atoms with E-state index in [1.165, 1.54) is 56.7 Å². The standard InChI is InChI=1S/C23H35N5S.HI/c1-2-24-23(26-18-22-10-17-29-20-22)25-11-6-7-12-27-13-15-28(16-14-27)19-21-8-4-3-5-9-21;/h3-5,8-10,17,20H,2,6-7,11-16,18-19H2,1H3,(H2,24,25,26);1H. The smallest absolute Gasteiger partial charge is 0.191 e. The molecule has 2 N–H and O–H groups in total. The molecule has 0 amide bonds. The molecule has 1 aliphatic heterocycles. The molecule has 2 heterocycles. The molecule has 0 bridgehead atoms. The third-order valence-corrected chi connectivity index (χ3v) is 5.98. The molecule has 0 saturated carbocycles. The van der Waals surface area contributed by atoms with Gasteiger partial charge in [0.2, 0.25) is 0 Å². The Morgan fingerprint density at radius 2 is 1.73 bits per heavy atom. The van der Waals surface area contributed by atoms with Crippen LogP contribution in [0.4, 0.5) is 0 Å². The third-order valence-electron chi connectivity index (χ3n) is 5.25. The molecule has 7 heteroatoms. The highest BCUT2D eigenvalue weighted by Crippen LogP contribution is 2.09. The van der Waals surface area contributed by atoms with Gasteiger partial charge in [-0.25, -0.2) is 4.99 Å². The highest BCUT2D eigenvalue weighted by atomic mass is 127. The second kappa shape index (κ2) is 14.8. The van der Waals surface area contributed by atoms with Crippen LogP contribution in [0, 0.1) is 0 Å². The SMILES string of the molecule is CCNC(=NCc1ccsc1)NCCCCN1CCN(Cc2ccccc2)CC1.I. The Morgan fingerprint density at radius 3 is 2.43 bits per heavy atom. The molecule has 3 rings (SSSR count). The van der Waals surface area contributed by atoms with Crippen LogP contribution in [0.15, 0.2) is 52.2 Å². The quantitative estimate of drug-likeness (QED) is 0.207. The second-order valence-electron chi connectivity index (χ2n) is 7.56. The summed E-state index contributed by atoms with van der Waals surface area (Å²) in [6.45, 7) is 11.7. The molecular formula is C23H36IN5S. The molecule has 1 aliphatic rings. The number of rotatable bonds is 10. The zero-order valence-electron chi connectivity index (χ0n) is 18.1. The van der Waals surface area contributed by atoms with Gasteiger partial charge in [0.1, 0.15) is 0 Å². The van der Waals surface area contributed by atoms with Crippen LogP contribution in [0.5, 0.6) is 0 Å². The van der Waals surface area contributed by atoms with Crippen molar-refractivity contribution >= 4 is 41.3 Å². The van der Waals surface area contributed by atoms with E-state index in [4.69, 9.17) is 0 Å². The Balaban J connectivity index is 0.00000320. The van der Waals surface area contributed by atoms with E-state index in [0.717, 1.165) is 32.1 Å². The topological polar surface area (TPSA) is 42.9 Å². The molecule has 0 unspecified atom stereocenters. The number of hydrogen-bond donors (Lipinski definition) is 2. The van der Waals surface area contributed by atoms with Crippen LogP contribution in [0.1, 0.15) is 30.9 Å². The van der Waals surface area contributed by atoms with Crippen LogP contribution in [-0.2, 0) is 13.1 Å².